The molecule has 0 spiro atoms. The molecule has 0 amide bonds. The van der Waals surface area contributed by atoms with E-state index in [4.69, 9.17) is 0 Å². The molecule has 0 unspecified atom stereocenters. The fraction of sp³-hybridized carbons (Fsp3) is 0.231. The number of nitrogens with zero attached hydrogens (tertiary/aromatic N) is 6. The van der Waals surface area contributed by atoms with E-state index in [2.05, 4.69) is 50.1 Å². The fourth-order valence-corrected chi connectivity index (χ4v) is 2.35. The Morgan fingerprint density at radius 1 is 1.20 bits per heavy atom. The van der Waals surface area contributed by atoms with Crippen LogP contribution in [-0.2, 0) is 0 Å². The van der Waals surface area contributed by atoms with Crippen molar-refractivity contribution in [3.05, 3.63) is 41.4 Å². The largest absolute Gasteiger partial charge is 0.264 e. The maximum Gasteiger partial charge on any atom is 0.188 e. The first kappa shape index (κ1) is 13.0. The van der Waals surface area contributed by atoms with Crippen LogP contribution in [0.3, 0.4) is 0 Å². The first-order valence-corrected chi connectivity index (χ1v) is 7.03. The lowest BCUT2D eigenvalue weighted by atomic mass is 10.3. The second-order valence-corrected chi connectivity index (χ2v) is 5.41. The summed E-state index contributed by atoms with van der Waals surface area (Å²) in [6.07, 6.45) is 3.45. The topological polar surface area (TPSA) is 61.4 Å². The summed E-state index contributed by atoms with van der Waals surface area (Å²) in [5.74, 6) is 1.61. The van der Waals surface area contributed by atoms with Crippen LogP contribution in [0, 0.1) is 0 Å². The molecule has 0 saturated carbocycles. The Bertz CT molecular complexity index is 730. The predicted octanol–water partition coefficient (Wildman–Crippen LogP) is 2.87. The van der Waals surface area contributed by atoms with E-state index in [0.29, 0.717) is 5.82 Å². The normalized spacial score (nSPS) is 11.2. The maximum atomic E-state index is 4.42. The van der Waals surface area contributed by atoms with E-state index in [1.807, 2.05) is 33.5 Å². The molecule has 3 aromatic rings. The third kappa shape index (κ3) is 2.24. The van der Waals surface area contributed by atoms with Crippen molar-refractivity contribution in [2.24, 2.45) is 0 Å². The molecule has 0 aliphatic rings. The van der Waals surface area contributed by atoms with Crippen molar-refractivity contribution in [1.82, 2.24) is 29.5 Å². The molecule has 0 fully saturated rings. The first-order chi connectivity index (χ1) is 9.66. The molecule has 3 heterocycles. The Kier molecular flexibility index (Phi) is 3.35. The van der Waals surface area contributed by atoms with E-state index in [-0.39, 0.29) is 6.04 Å². The van der Waals surface area contributed by atoms with E-state index >= 15 is 0 Å². The van der Waals surface area contributed by atoms with Crippen molar-refractivity contribution in [3.63, 3.8) is 0 Å². The molecule has 6 nitrogen and oxygen atoms in total. The Balaban J connectivity index is 2.13. The molecule has 0 aliphatic carbocycles. The van der Waals surface area contributed by atoms with Gasteiger partial charge in [-0.05, 0) is 41.9 Å². The fourth-order valence-electron chi connectivity index (χ4n) is 2.01. The van der Waals surface area contributed by atoms with Gasteiger partial charge in [-0.1, -0.05) is 6.07 Å². The van der Waals surface area contributed by atoms with Gasteiger partial charge >= 0.3 is 0 Å². The smallest absolute Gasteiger partial charge is 0.188 e. The first-order valence-electron chi connectivity index (χ1n) is 6.23. The van der Waals surface area contributed by atoms with Gasteiger partial charge < -0.3 is 0 Å². The third-order valence-corrected chi connectivity index (χ3v) is 3.32. The summed E-state index contributed by atoms with van der Waals surface area (Å²) in [4.78, 5) is 4.42. The Morgan fingerprint density at radius 2 is 2.05 bits per heavy atom. The quantitative estimate of drug-likeness (QED) is 0.692. The lowest BCUT2D eigenvalue weighted by Crippen LogP contribution is -2.10. The molecular weight excluding hydrogens is 320 g/mol. The number of pyridine rings is 1. The third-order valence-electron chi connectivity index (χ3n) is 2.88. The predicted molar refractivity (Wildman–Crippen MR) is 78.5 cm³/mol. The molecule has 0 aliphatic heterocycles. The standard InChI is InChI=1S/C13H13BrN6/c1-9(2)20-12(6-7-16-20)19-8-15-18-13(19)10-4-3-5-11(14)17-10/h3-9H,1-2H3. The highest BCUT2D eigenvalue weighted by molar-refractivity contribution is 9.10. The lowest BCUT2D eigenvalue weighted by Gasteiger charge is -2.12. The highest BCUT2D eigenvalue weighted by Crippen LogP contribution is 2.21. The molecule has 3 aromatic heterocycles. The van der Waals surface area contributed by atoms with Crippen LogP contribution in [0.2, 0.25) is 0 Å². The molecular formula is C13H13BrN6. The van der Waals surface area contributed by atoms with Crippen molar-refractivity contribution in [2.75, 3.05) is 0 Å². The molecule has 20 heavy (non-hydrogen) atoms. The molecule has 0 atom stereocenters. The van der Waals surface area contributed by atoms with Crippen molar-refractivity contribution in [2.45, 2.75) is 19.9 Å². The summed E-state index contributed by atoms with van der Waals surface area (Å²) < 4.78 is 4.58. The minimum Gasteiger partial charge on any atom is -0.264 e. The van der Waals surface area contributed by atoms with Gasteiger partial charge in [-0.25, -0.2) is 9.67 Å². The van der Waals surface area contributed by atoms with E-state index < -0.39 is 0 Å². The summed E-state index contributed by atoms with van der Waals surface area (Å²) in [6.45, 7) is 4.16. The number of hydrogen-bond acceptors (Lipinski definition) is 4. The molecule has 0 aromatic carbocycles. The second-order valence-electron chi connectivity index (χ2n) is 4.60. The van der Waals surface area contributed by atoms with E-state index in [0.717, 1.165) is 16.1 Å². The summed E-state index contributed by atoms with van der Waals surface area (Å²) in [5, 5.41) is 12.5. The monoisotopic (exact) mass is 332 g/mol. The Hall–Kier alpha value is -2.02. The summed E-state index contributed by atoms with van der Waals surface area (Å²) in [7, 11) is 0. The molecule has 0 saturated heterocycles. The van der Waals surface area contributed by atoms with E-state index in [9.17, 15) is 0 Å². The summed E-state index contributed by atoms with van der Waals surface area (Å²) in [6, 6.07) is 7.89. The second kappa shape index (κ2) is 5.16. The Morgan fingerprint density at radius 3 is 2.80 bits per heavy atom. The van der Waals surface area contributed by atoms with Crippen LogP contribution in [0.4, 0.5) is 0 Å². The van der Waals surface area contributed by atoms with Gasteiger partial charge in [0.25, 0.3) is 0 Å². The molecule has 0 radical (unpaired) electrons. The van der Waals surface area contributed by atoms with Crippen molar-refractivity contribution in [3.8, 4) is 17.3 Å². The number of aromatic nitrogens is 6. The maximum absolute atomic E-state index is 4.42. The summed E-state index contributed by atoms with van der Waals surface area (Å²) >= 11 is 3.37. The van der Waals surface area contributed by atoms with Gasteiger partial charge in [-0.3, -0.25) is 4.57 Å². The van der Waals surface area contributed by atoms with Crippen LogP contribution in [-0.4, -0.2) is 29.5 Å². The van der Waals surface area contributed by atoms with Gasteiger partial charge in [0.15, 0.2) is 5.82 Å². The van der Waals surface area contributed by atoms with Crippen molar-refractivity contribution >= 4 is 15.9 Å². The van der Waals surface area contributed by atoms with Gasteiger partial charge in [-0.15, -0.1) is 10.2 Å². The van der Waals surface area contributed by atoms with Crippen LogP contribution in [0.1, 0.15) is 19.9 Å². The number of hydrogen-bond donors (Lipinski definition) is 0. The highest BCUT2D eigenvalue weighted by Gasteiger charge is 2.15. The van der Waals surface area contributed by atoms with Crippen LogP contribution < -0.4 is 0 Å². The van der Waals surface area contributed by atoms with E-state index in [1.54, 1.807) is 12.5 Å². The molecule has 0 bridgehead atoms. The van der Waals surface area contributed by atoms with Crippen LogP contribution >= 0.6 is 15.9 Å². The zero-order chi connectivity index (χ0) is 14.1. The minimum atomic E-state index is 0.255. The number of rotatable bonds is 3. The Labute approximate surface area is 124 Å². The average Bonchev–Trinajstić information content (AvgIpc) is 3.07. The molecule has 0 N–H and O–H groups in total. The molecule has 3 rings (SSSR count). The van der Waals surface area contributed by atoms with Crippen molar-refractivity contribution < 1.29 is 0 Å². The van der Waals surface area contributed by atoms with Gasteiger partial charge in [0.05, 0.1) is 6.20 Å². The average molecular weight is 333 g/mol. The zero-order valence-corrected chi connectivity index (χ0v) is 12.7. The van der Waals surface area contributed by atoms with Gasteiger partial charge in [0.1, 0.15) is 22.4 Å². The van der Waals surface area contributed by atoms with Gasteiger partial charge in [0, 0.05) is 12.1 Å². The van der Waals surface area contributed by atoms with Gasteiger partial charge in [-0.2, -0.15) is 5.10 Å². The van der Waals surface area contributed by atoms with Crippen LogP contribution in [0.15, 0.2) is 41.4 Å². The molecule has 102 valence electrons. The SMILES string of the molecule is CC(C)n1nccc1-n1cnnc1-c1cccc(Br)n1. The number of halogens is 1. The van der Waals surface area contributed by atoms with Crippen LogP contribution in [0.25, 0.3) is 17.3 Å². The lowest BCUT2D eigenvalue weighted by molar-refractivity contribution is 0.522. The minimum absolute atomic E-state index is 0.255. The highest BCUT2D eigenvalue weighted by atomic mass is 79.9. The van der Waals surface area contributed by atoms with Gasteiger partial charge in [0.2, 0.25) is 0 Å². The zero-order valence-electron chi connectivity index (χ0n) is 11.1. The summed E-state index contributed by atoms with van der Waals surface area (Å²) in [5.41, 5.74) is 0.758. The molecule has 7 heteroatoms. The van der Waals surface area contributed by atoms with E-state index in [1.165, 1.54) is 0 Å². The van der Waals surface area contributed by atoms with Crippen molar-refractivity contribution in [1.29, 1.82) is 0 Å². The van der Waals surface area contributed by atoms with Crippen LogP contribution in [0.5, 0.6) is 0 Å².